The highest BCUT2D eigenvalue weighted by Gasteiger charge is 2.63. The Morgan fingerprint density at radius 1 is 0.586 bits per heavy atom. The SMILES string of the molecule is O=C(O)C1(C(F)(F)F)C=C(c2ccccn2)N=N1.O=C(O)C1(C(F)(F)F)C=C(c2ccccn2)N=N1.O=P(O)(c1ccccc1)c1ccccc1Cc1ccccc1. The molecule has 0 saturated heterocycles. The highest BCUT2D eigenvalue weighted by Crippen LogP contribution is 2.43. The van der Waals surface area contributed by atoms with Gasteiger partial charge in [0.1, 0.15) is 11.4 Å². The lowest BCUT2D eigenvalue weighted by atomic mass is 9.99. The van der Waals surface area contributed by atoms with Crippen molar-refractivity contribution in [2.75, 3.05) is 0 Å². The summed E-state index contributed by atoms with van der Waals surface area (Å²) < 4.78 is 89.5. The number of nitrogens with zero attached hydrogens (tertiary/aromatic N) is 6. The maximum absolute atomic E-state index is 13.0. The van der Waals surface area contributed by atoms with Crippen LogP contribution in [0.3, 0.4) is 0 Å². The molecule has 3 N–H and O–H groups in total. The molecular formula is C39H29F6N6O6P. The smallest absolute Gasteiger partial charge is 0.430 e. The second kappa shape index (κ2) is 17.2. The number of rotatable bonds is 8. The quantitative estimate of drug-likeness (QED) is 0.104. The second-order valence-corrected chi connectivity index (χ2v) is 14.4. The van der Waals surface area contributed by atoms with Gasteiger partial charge in [0.15, 0.2) is 0 Å². The van der Waals surface area contributed by atoms with E-state index < -0.39 is 42.7 Å². The summed E-state index contributed by atoms with van der Waals surface area (Å²) in [4.78, 5) is 39.9. The van der Waals surface area contributed by atoms with Crippen LogP contribution in [0.4, 0.5) is 26.3 Å². The minimum Gasteiger partial charge on any atom is -0.479 e. The van der Waals surface area contributed by atoms with E-state index in [-0.39, 0.29) is 22.8 Å². The van der Waals surface area contributed by atoms with E-state index in [0.717, 1.165) is 11.1 Å². The van der Waals surface area contributed by atoms with Gasteiger partial charge in [0.2, 0.25) is 0 Å². The molecule has 2 aliphatic heterocycles. The van der Waals surface area contributed by atoms with Crippen LogP contribution in [0.5, 0.6) is 0 Å². The third-order valence-corrected chi connectivity index (χ3v) is 10.4. The number of hydrogen-bond donors (Lipinski definition) is 3. The summed E-state index contributed by atoms with van der Waals surface area (Å²) in [5, 5.41) is 30.7. The van der Waals surface area contributed by atoms with E-state index in [0.29, 0.717) is 29.2 Å². The molecule has 3 atom stereocenters. The highest BCUT2D eigenvalue weighted by atomic mass is 31.2. The van der Waals surface area contributed by atoms with Gasteiger partial charge in [-0.2, -0.15) is 46.8 Å². The van der Waals surface area contributed by atoms with Crippen molar-refractivity contribution in [2.45, 2.75) is 29.9 Å². The first-order valence-corrected chi connectivity index (χ1v) is 18.3. The molecule has 2 aliphatic rings. The lowest BCUT2D eigenvalue weighted by molar-refractivity contribution is -0.192. The zero-order valence-electron chi connectivity index (χ0n) is 29.5. The Balaban J connectivity index is 0.000000167. The molecule has 4 heterocycles. The van der Waals surface area contributed by atoms with Crippen LogP contribution >= 0.6 is 7.37 Å². The number of azo groups is 2. The van der Waals surface area contributed by atoms with Crippen molar-refractivity contribution in [2.24, 2.45) is 20.5 Å². The molecule has 0 amide bonds. The summed E-state index contributed by atoms with van der Waals surface area (Å²) in [5.74, 6) is -4.24. The Morgan fingerprint density at radius 3 is 1.40 bits per heavy atom. The van der Waals surface area contributed by atoms with Gasteiger partial charge in [-0.15, -0.1) is 0 Å². The maximum atomic E-state index is 13.0. The fraction of sp³-hybridized carbons (Fsp3) is 0.128. The minimum absolute atomic E-state index is 0.133. The Morgan fingerprint density at radius 2 is 1.00 bits per heavy atom. The molecule has 0 fully saturated rings. The van der Waals surface area contributed by atoms with Crippen LogP contribution in [0.1, 0.15) is 22.5 Å². The molecular weight excluding hydrogens is 793 g/mol. The van der Waals surface area contributed by atoms with Crippen molar-refractivity contribution in [1.29, 1.82) is 0 Å². The number of pyridine rings is 2. The number of alkyl halides is 6. The van der Waals surface area contributed by atoms with Crippen molar-refractivity contribution < 1.29 is 55.6 Å². The van der Waals surface area contributed by atoms with E-state index in [4.69, 9.17) is 10.2 Å². The van der Waals surface area contributed by atoms with Crippen molar-refractivity contribution in [3.8, 4) is 0 Å². The zero-order chi connectivity index (χ0) is 42.2. The van der Waals surface area contributed by atoms with E-state index in [1.54, 1.807) is 54.6 Å². The average molecular weight is 823 g/mol. The van der Waals surface area contributed by atoms with Crippen LogP contribution in [0, 0.1) is 0 Å². The number of hydrogen-bond acceptors (Lipinski definition) is 9. The molecule has 298 valence electrons. The molecule has 0 aliphatic carbocycles. The van der Waals surface area contributed by atoms with Crippen LogP contribution in [-0.2, 0) is 20.6 Å². The molecule has 0 saturated carbocycles. The monoisotopic (exact) mass is 822 g/mol. The molecule has 12 nitrogen and oxygen atoms in total. The fourth-order valence-corrected chi connectivity index (χ4v) is 7.01. The number of halogens is 6. The van der Waals surface area contributed by atoms with Gasteiger partial charge in [-0.3, -0.25) is 14.5 Å². The van der Waals surface area contributed by atoms with E-state index >= 15 is 0 Å². The predicted molar refractivity (Wildman–Crippen MR) is 198 cm³/mol. The standard InChI is InChI=1S/C19H17O2P.2C10H6F3N3O2/c20-22(21,18-12-5-2-6-13-18)19-14-8-7-11-17(19)15-16-9-3-1-4-10-16;2*11-10(12,13)9(8(17)18)5-7(15-16-9)6-3-1-2-4-14-6/h1-14H,15H2,(H,20,21);2*1-5H,(H,17,18). The Bertz CT molecular complexity index is 2320. The number of carboxylic acids is 2. The maximum Gasteiger partial charge on any atom is 0.430 e. The lowest BCUT2D eigenvalue weighted by Gasteiger charge is -2.20. The molecule has 5 aromatic rings. The van der Waals surface area contributed by atoms with Gasteiger partial charge in [0.25, 0.3) is 18.4 Å². The van der Waals surface area contributed by atoms with Crippen LogP contribution in [-0.4, -0.2) is 60.4 Å². The molecule has 0 radical (unpaired) electrons. The van der Waals surface area contributed by atoms with Gasteiger partial charge in [-0.1, -0.05) is 78.9 Å². The number of benzene rings is 3. The van der Waals surface area contributed by atoms with Crippen molar-refractivity contribution >= 4 is 41.3 Å². The van der Waals surface area contributed by atoms with Crippen LogP contribution in [0.25, 0.3) is 11.4 Å². The molecule has 2 aromatic heterocycles. The predicted octanol–water partition coefficient (Wildman–Crippen LogP) is 8.05. The molecule has 19 heteroatoms. The first-order valence-electron chi connectivity index (χ1n) is 16.7. The first-order chi connectivity index (χ1) is 27.4. The summed E-state index contributed by atoms with van der Waals surface area (Å²) in [7, 11) is -3.57. The highest BCUT2D eigenvalue weighted by molar-refractivity contribution is 7.73. The van der Waals surface area contributed by atoms with Gasteiger partial charge < -0.3 is 15.1 Å². The van der Waals surface area contributed by atoms with Gasteiger partial charge in [-0.25, -0.2) is 9.59 Å². The van der Waals surface area contributed by atoms with Gasteiger partial charge in [-0.05, 0) is 72.2 Å². The number of carbonyl (C=O) groups is 2. The summed E-state index contributed by atoms with van der Waals surface area (Å²) in [6.07, 6.45) is -5.83. The number of carboxylic acid groups (broad SMARTS) is 2. The number of aromatic nitrogens is 2. The normalized spacial score (nSPS) is 19.4. The van der Waals surface area contributed by atoms with Crippen LogP contribution in [0.15, 0.2) is 166 Å². The Hall–Kier alpha value is -6.65. The van der Waals surface area contributed by atoms with E-state index in [1.807, 2.05) is 54.6 Å². The van der Waals surface area contributed by atoms with Crippen molar-refractivity contribution in [3.05, 3.63) is 168 Å². The molecule has 0 bridgehead atoms. The van der Waals surface area contributed by atoms with Crippen LogP contribution in [0.2, 0.25) is 0 Å². The van der Waals surface area contributed by atoms with E-state index in [1.165, 1.54) is 24.5 Å². The van der Waals surface area contributed by atoms with Gasteiger partial charge >= 0.3 is 24.3 Å². The first kappa shape index (κ1) is 42.5. The lowest BCUT2D eigenvalue weighted by Crippen LogP contribution is -2.47. The molecule has 58 heavy (non-hydrogen) atoms. The summed E-state index contributed by atoms with van der Waals surface area (Å²) >= 11 is 0. The molecule has 0 spiro atoms. The Kier molecular flexibility index (Phi) is 12.6. The zero-order valence-corrected chi connectivity index (χ0v) is 30.4. The molecule has 3 unspecified atom stereocenters. The molecule has 7 rings (SSSR count). The third kappa shape index (κ3) is 9.14. The molecule has 3 aromatic carbocycles. The van der Waals surface area contributed by atoms with E-state index in [9.17, 15) is 45.4 Å². The summed E-state index contributed by atoms with van der Waals surface area (Å²) in [5.41, 5.74) is -4.78. The summed E-state index contributed by atoms with van der Waals surface area (Å²) in [6, 6.07) is 35.3. The van der Waals surface area contributed by atoms with Crippen molar-refractivity contribution in [1.82, 2.24) is 9.97 Å². The minimum atomic E-state index is -5.06. The summed E-state index contributed by atoms with van der Waals surface area (Å²) in [6.45, 7) is 0. The topological polar surface area (TPSA) is 187 Å². The number of aliphatic carboxylic acids is 2. The average Bonchev–Trinajstić information content (AvgIpc) is 3.89. The van der Waals surface area contributed by atoms with Crippen LogP contribution < -0.4 is 10.6 Å². The van der Waals surface area contributed by atoms with Crippen molar-refractivity contribution in [3.63, 3.8) is 0 Å². The Labute approximate surface area is 325 Å². The van der Waals surface area contributed by atoms with E-state index in [2.05, 4.69) is 30.4 Å². The largest absolute Gasteiger partial charge is 0.479 e. The third-order valence-electron chi connectivity index (χ3n) is 8.35. The van der Waals surface area contributed by atoms with Gasteiger partial charge in [0.05, 0.1) is 11.4 Å². The fourth-order valence-electron chi connectivity index (χ4n) is 5.33. The van der Waals surface area contributed by atoms with Gasteiger partial charge in [0, 0.05) is 23.0 Å². The second-order valence-electron chi connectivity index (χ2n) is 12.2.